The Balaban J connectivity index is 1.67. The van der Waals surface area contributed by atoms with Crippen LogP contribution in [0.15, 0.2) is 47.8 Å². The summed E-state index contributed by atoms with van der Waals surface area (Å²) in [7, 11) is 0. The Labute approximate surface area is 128 Å². The molecule has 3 rings (SSSR count). The van der Waals surface area contributed by atoms with Gasteiger partial charge < -0.3 is 9.72 Å². The summed E-state index contributed by atoms with van der Waals surface area (Å²) in [5, 5.41) is 0.562. The second-order valence-electron chi connectivity index (χ2n) is 5.18. The molecule has 0 saturated heterocycles. The van der Waals surface area contributed by atoms with Crippen LogP contribution in [0.3, 0.4) is 0 Å². The number of aromatic amines is 1. The molecule has 3 aromatic rings. The highest BCUT2D eigenvalue weighted by Crippen LogP contribution is 2.21. The highest BCUT2D eigenvalue weighted by molar-refractivity contribution is 5.82. The topological polar surface area (TPSA) is 67.9 Å². The van der Waals surface area contributed by atoms with E-state index in [1.807, 2.05) is 25.1 Å². The van der Waals surface area contributed by atoms with Crippen molar-refractivity contribution in [2.75, 3.05) is 6.61 Å². The fourth-order valence-corrected chi connectivity index (χ4v) is 2.42. The number of pyridine rings is 1. The van der Waals surface area contributed by atoms with Crippen LogP contribution in [0.25, 0.3) is 10.9 Å². The fourth-order valence-electron chi connectivity index (χ4n) is 2.42. The molecule has 0 aliphatic rings. The van der Waals surface area contributed by atoms with Crippen LogP contribution < -0.4 is 10.3 Å². The van der Waals surface area contributed by atoms with E-state index in [9.17, 15) is 4.79 Å². The summed E-state index contributed by atoms with van der Waals surface area (Å²) in [6.07, 6.45) is 6.86. The predicted molar refractivity (Wildman–Crippen MR) is 85.2 cm³/mol. The van der Waals surface area contributed by atoms with Gasteiger partial charge in [-0.1, -0.05) is 0 Å². The van der Waals surface area contributed by atoms with Gasteiger partial charge in [-0.2, -0.15) is 0 Å². The van der Waals surface area contributed by atoms with Crippen LogP contribution in [0.1, 0.15) is 17.5 Å². The normalized spacial score (nSPS) is 10.8. The van der Waals surface area contributed by atoms with Gasteiger partial charge in [0.2, 0.25) is 0 Å². The maximum absolute atomic E-state index is 11.8. The van der Waals surface area contributed by atoms with E-state index in [1.165, 1.54) is 11.9 Å². The van der Waals surface area contributed by atoms with Gasteiger partial charge in [0, 0.05) is 12.4 Å². The molecule has 2 aromatic heterocycles. The SMILES string of the molecule is Cc1cc(OCCCc2ccncc2)cc2c(=O)[nH]cnc12. The van der Waals surface area contributed by atoms with Crippen LogP contribution in [-0.4, -0.2) is 21.6 Å². The van der Waals surface area contributed by atoms with Crippen LogP contribution in [0.5, 0.6) is 5.75 Å². The van der Waals surface area contributed by atoms with Crippen molar-refractivity contribution in [1.82, 2.24) is 15.0 Å². The maximum Gasteiger partial charge on any atom is 0.258 e. The van der Waals surface area contributed by atoms with Crippen molar-refractivity contribution in [3.05, 3.63) is 64.5 Å². The molecular formula is C17H17N3O2. The lowest BCUT2D eigenvalue weighted by molar-refractivity contribution is 0.311. The molecule has 0 amide bonds. The van der Waals surface area contributed by atoms with Crippen LogP contribution >= 0.6 is 0 Å². The third kappa shape index (κ3) is 3.14. The lowest BCUT2D eigenvalue weighted by Crippen LogP contribution is -2.08. The lowest BCUT2D eigenvalue weighted by Gasteiger charge is -2.08. The van der Waals surface area contributed by atoms with Crippen LogP contribution in [0.2, 0.25) is 0 Å². The van der Waals surface area contributed by atoms with Crippen molar-refractivity contribution in [2.24, 2.45) is 0 Å². The number of aryl methyl sites for hydroxylation is 2. The molecule has 0 saturated carbocycles. The number of hydrogen-bond donors (Lipinski definition) is 1. The van der Waals surface area contributed by atoms with E-state index < -0.39 is 0 Å². The first-order chi connectivity index (χ1) is 10.7. The smallest absolute Gasteiger partial charge is 0.258 e. The van der Waals surface area contributed by atoms with E-state index in [-0.39, 0.29) is 5.56 Å². The summed E-state index contributed by atoms with van der Waals surface area (Å²) in [6.45, 7) is 2.53. The number of benzene rings is 1. The third-order valence-corrected chi connectivity index (χ3v) is 3.54. The molecule has 1 aromatic carbocycles. The Morgan fingerprint density at radius 3 is 2.86 bits per heavy atom. The van der Waals surface area contributed by atoms with Gasteiger partial charge in [0.05, 0.1) is 23.8 Å². The van der Waals surface area contributed by atoms with E-state index in [2.05, 4.69) is 15.0 Å². The molecule has 5 heteroatoms. The summed E-state index contributed by atoms with van der Waals surface area (Å²) in [6, 6.07) is 7.68. The molecule has 0 bridgehead atoms. The molecule has 0 atom stereocenters. The van der Waals surface area contributed by atoms with Gasteiger partial charge in [0.25, 0.3) is 5.56 Å². The standard InChI is InChI=1S/C17H17N3O2/c1-12-9-14(10-15-16(12)19-11-20-17(15)21)22-8-2-3-13-4-6-18-7-5-13/h4-7,9-11H,2-3,8H2,1H3,(H,19,20,21). The minimum atomic E-state index is -0.143. The first-order valence-electron chi connectivity index (χ1n) is 7.24. The lowest BCUT2D eigenvalue weighted by atomic mass is 10.1. The molecule has 5 nitrogen and oxygen atoms in total. The van der Waals surface area contributed by atoms with Crippen LogP contribution in [-0.2, 0) is 6.42 Å². The summed E-state index contributed by atoms with van der Waals surface area (Å²) < 4.78 is 5.78. The zero-order valence-electron chi connectivity index (χ0n) is 12.4. The molecular weight excluding hydrogens is 278 g/mol. The van der Waals surface area contributed by atoms with Gasteiger partial charge in [-0.15, -0.1) is 0 Å². The third-order valence-electron chi connectivity index (χ3n) is 3.54. The number of nitrogens with one attached hydrogen (secondary N) is 1. The van der Waals surface area contributed by atoms with Gasteiger partial charge in [-0.3, -0.25) is 9.78 Å². The average Bonchev–Trinajstić information content (AvgIpc) is 2.54. The molecule has 0 aliphatic heterocycles. The summed E-state index contributed by atoms with van der Waals surface area (Å²) in [5.41, 5.74) is 2.75. The number of H-pyrrole nitrogens is 1. The Morgan fingerprint density at radius 1 is 1.23 bits per heavy atom. The number of rotatable bonds is 5. The summed E-state index contributed by atoms with van der Waals surface area (Å²) in [5.74, 6) is 0.707. The zero-order valence-corrected chi connectivity index (χ0v) is 12.4. The van der Waals surface area contributed by atoms with Crippen LogP contribution in [0.4, 0.5) is 0 Å². The van der Waals surface area contributed by atoms with Gasteiger partial charge in [-0.05, 0) is 55.2 Å². The van der Waals surface area contributed by atoms with Crippen molar-refractivity contribution >= 4 is 10.9 Å². The van der Waals surface area contributed by atoms with E-state index >= 15 is 0 Å². The van der Waals surface area contributed by atoms with E-state index in [4.69, 9.17) is 4.74 Å². The highest BCUT2D eigenvalue weighted by Gasteiger charge is 2.06. The molecule has 22 heavy (non-hydrogen) atoms. The van der Waals surface area contributed by atoms with E-state index in [1.54, 1.807) is 18.5 Å². The largest absolute Gasteiger partial charge is 0.494 e. The first kappa shape index (κ1) is 14.3. The van der Waals surface area contributed by atoms with Gasteiger partial charge in [-0.25, -0.2) is 4.98 Å². The van der Waals surface area contributed by atoms with Gasteiger partial charge in [0.15, 0.2) is 0 Å². The minimum absolute atomic E-state index is 0.143. The van der Waals surface area contributed by atoms with Crippen molar-refractivity contribution in [3.63, 3.8) is 0 Å². The second kappa shape index (κ2) is 6.39. The maximum atomic E-state index is 11.8. The Hall–Kier alpha value is -2.69. The molecule has 0 fully saturated rings. The molecule has 0 unspecified atom stereocenters. The highest BCUT2D eigenvalue weighted by atomic mass is 16.5. The number of fused-ring (bicyclic) bond motifs is 1. The fraction of sp³-hybridized carbons (Fsp3) is 0.235. The predicted octanol–water partition coefficient (Wildman–Crippen LogP) is 2.64. The van der Waals surface area contributed by atoms with Crippen molar-refractivity contribution < 1.29 is 4.74 Å². The molecule has 0 spiro atoms. The molecule has 0 radical (unpaired) electrons. The van der Waals surface area contributed by atoms with E-state index in [0.29, 0.717) is 23.3 Å². The van der Waals surface area contributed by atoms with Crippen molar-refractivity contribution in [2.45, 2.75) is 19.8 Å². The minimum Gasteiger partial charge on any atom is -0.494 e. The summed E-state index contributed by atoms with van der Waals surface area (Å²) in [4.78, 5) is 22.6. The van der Waals surface area contributed by atoms with Gasteiger partial charge in [0.1, 0.15) is 5.75 Å². The monoisotopic (exact) mass is 295 g/mol. The van der Waals surface area contributed by atoms with E-state index in [0.717, 1.165) is 18.4 Å². The second-order valence-corrected chi connectivity index (χ2v) is 5.18. The Bertz CT molecular complexity index is 828. The van der Waals surface area contributed by atoms with Crippen molar-refractivity contribution in [1.29, 1.82) is 0 Å². The quantitative estimate of drug-likeness (QED) is 0.735. The molecule has 2 heterocycles. The number of ether oxygens (including phenoxy) is 1. The zero-order chi connectivity index (χ0) is 15.4. The molecule has 0 aliphatic carbocycles. The van der Waals surface area contributed by atoms with Gasteiger partial charge >= 0.3 is 0 Å². The molecule has 1 N–H and O–H groups in total. The van der Waals surface area contributed by atoms with Crippen LogP contribution in [0, 0.1) is 6.92 Å². The molecule has 112 valence electrons. The Morgan fingerprint density at radius 2 is 2.05 bits per heavy atom. The first-order valence-corrected chi connectivity index (χ1v) is 7.24. The average molecular weight is 295 g/mol. The summed E-state index contributed by atoms with van der Waals surface area (Å²) >= 11 is 0. The number of aromatic nitrogens is 3. The number of hydrogen-bond acceptors (Lipinski definition) is 4. The van der Waals surface area contributed by atoms with Crippen molar-refractivity contribution in [3.8, 4) is 5.75 Å². The number of nitrogens with zero attached hydrogens (tertiary/aromatic N) is 2. The Kier molecular flexibility index (Phi) is 4.14.